The van der Waals surface area contributed by atoms with Crippen molar-refractivity contribution in [3.05, 3.63) is 11.7 Å². The summed E-state index contributed by atoms with van der Waals surface area (Å²) in [6, 6.07) is 0. The molecule has 0 bridgehead atoms. The first-order valence-electron chi connectivity index (χ1n) is 5.65. The molecule has 0 N–H and O–H groups in total. The highest BCUT2D eigenvalue weighted by Gasteiger charge is 2.30. The number of ketones is 1. The number of Topliss-reactive ketones (excluding diaryl/α,β-unsaturated/α-hetero) is 1. The van der Waals surface area contributed by atoms with Crippen LogP contribution in [0.4, 0.5) is 0 Å². The zero-order valence-corrected chi connectivity index (χ0v) is 9.44. The molecule has 0 radical (unpaired) electrons. The normalized spacial score (nSPS) is 20.6. The van der Waals surface area contributed by atoms with Crippen LogP contribution in [0.15, 0.2) is 4.52 Å². The number of carbonyl (C=O) groups is 1. The molecular formula is C11H16N2O3. The molecule has 1 aliphatic carbocycles. The highest BCUT2D eigenvalue weighted by atomic mass is 16.5. The third-order valence-electron chi connectivity index (χ3n) is 2.84. The molecule has 0 saturated heterocycles. The number of hydrogen-bond acceptors (Lipinski definition) is 5. The van der Waals surface area contributed by atoms with Crippen LogP contribution in [0.3, 0.4) is 0 Å². The van der Waals surface area contributed by atoms with Crippen LogP contribution in [-0.2, 0) is 16.0 Å². The van der Waals surface area contributed by atoms with Crippen LogP contribution in [0.5, 0.6) is 0 Å². The molecule has 5 heteroatoms. The number of ether oxygens (including phenoxy) is 1. The summed E-state index contributed by atoms with van der Waals surface area (Å²) < 4.78 is 10.1. The predicted molar refractivity (Wildman–Crippen MR) is 56.1 cm³/mol. The molecule has 0 aromatic carbocycles. The Morgan fingerprint density at radius 3 is 3.12 bits per heavy atom. The van der Waals surface area contributed by atoms with Gasteiger partial charge in [-0.3, -0.25) is 4.79 Å². The number of hydrogen-bond donors (Lipinski definition) is 0. The van der Waals surface area contributed by atoms with Gasteiger partial charge in [-0.15, -0.1) is 0 Å². The quantitative estimate of drug-likeness (QED) is 0.709. The average Bonchev–Trinajstić information content (AvgIpc) is 2.87. The van der Waals surface area contributed by atoms with E-state index in [9.17, 15) is 4.79 Å². The van der Waals surface area contributed by atoms with Crippen LogP contribution < -0.4 is 0 Å². The van der Waals surface area contributed by atoms with Gasteiger partial charge in [-0.2, -0.15) is 4.98 Å². The fourth-order valence-electron chi connectivity index (χ4n) is 1.96. The number of rotatable bonds is 5. The molecule has 0 aliphatic heterocycles. The van der Waals surface area contributed by atoms with Crippen LogP contribution >= 0.6 is 0 Å². The van der Waals surface area contributed by atoms with Crippen molar-refractivity contribution >= 4 is 5.78 Å². The molecule has 1 unspecified atom stereocenters. The van der Waals surface area contributed by atoms with Crippen LogP contribution in [0.2, 0.25) is 0 Å². The number of aromatic nitrogens is 2. The molecule has 0 amide bonds. The van der Waals surface area contributed by atoms with Crippen LogP contribution in [0.1, 0.15) is 43.3 Å². The third kappa shape index (κ3) is 2.47. The minimum atomic E-state index is -0.149. The first-order chi connectivity index (χ1) is 7.81. The highest BCUT2D eigenvalue weighted by Crippen LogP contribution is 2.29. The molecule has 1 saturated carbocycles. The molecule has 1 aliphatic rings. The van der Waals surface area contributed by atoms with Gasteiger partial charge in [0.25, 0.3) is 0 Å². The molecule has 16 heavy (non-hydrogen) atoms. The van der Waals surface area contributed by atoms with Crippen molar-refractivity contribution in [2.45, 2.75) is 38.0 Å². The van der Waals surface area contributed by atoms with Gasteiger partial charge >= 0.3 is 0 Å². The van der Waals surface area contributed by atoms with E-state index in [-0.39, 0.29) is 11.7 Å². The molecule has 1 heterocycles. The Morgan fingerprint density at radius 1 is 1.56 bits per heavy atom. The number of methoxy groups -OCH3 is 1. The van der Waals surface area contributed by atoms with Gasteiger partial charge in [-0.1, -0.05) is 5.16 Å². The Kier molecular flexibility index (Phi) is 3.66. The number of carbonyl (C=O) groups excluding carboxylic acids is 1. The van der Waals surface area contributed by atoms with E-state index in [1.807, 2.05) is 0 Å². The van der Waals surface area contributed by atoms with Crippen LogP contribution in [0.25, 0.3) is 0 Å². The molecule has 0 spiro atoms. The molecular weight excluding hydrogens is 208 g/mol. The van der Waals surface area contributed by atoms with Gasteiger partial charge in [0.15, 0.2) is 5.82 Å². The summed E-state index contributed by atoms with van der Waals surface area (Å²) in [7, 11) is 1.67. The van der Waals surface area contributed by atoms with Crippen molar-refractivity contribution in [3.8, 4) is 0 Å². The van der Waals surface area contributed by atoms with Gasteiger partial charge in [0, 0.05) is 26.6 Å². The molecule has 1 fully saturated rings. The number of aryl methyl sites for hydroxylation is 1. The molecule has 2 rings (SSSR count). The smallest absolute Gasteiger partial charge is 0.237 e. The van der Waals surface area contributed by atoms with Gasteiger partial charge in [0.1, 0.15) is 5.78 Å². The van der Waals surface area contributed by atoms with E-state index in [1.165, 1.54) is 0 Å². The van der Waals surface area contributed by atoms with Crippen molar-refractivity contribution in [2.75, 3.05) is 13.7 Å². The van der Waals surface area contributed by atoms with Crippen LogP contribution in [0, 0.1) is 0 Å². The fourth-order valence-corrected chi connectivity index (χ4v) is 1.96. The zero-order chi connectivity index (χ0) is 11.4. The maximum atomic E-state index is 11.5. The number of nitrogens with zero attached hydrogens (tertiary/aromatic N) is 2. The van der Waals surface area contributed by atoms with Gasteiger partial charge in [0.2, 0.25) is 5.89 Å². The Labute approximate surface area is 94.2 Å². The van der Waals surface area contributed by atoms with Gasteiger partial charge in [0.05, 0.1) is 5.92 Å². The lowest BCUT2D eigenvalue weighted by atomic mass is 10.1. The summed E-state index contributed by atoms with van der Waals surface area (Å²) in [5, 5.41) is 3.87. The van der Waals surface area contributed by atoms with E-state index in [1.54, 1.807) is 7.11 Å². The monoisotopic (exact) mass is 224 g/mol. The summed E-state index contributed by atoms with van der Waals surface area (Å²) >= 11 is 0. The lowest BCUT2D eigenvalue weighted by Crippen LogP contribution is -2.04. The van der Waals surface area contributed by atoms with Crippen LogP contribution in [-0.4, -0.2) is 29.6 Å². The first-order valence-corrected chi connectivity index (χ1v) is 5.65. The Balaban J connectivity index is 1.93. The first kappa shape index (κ1) is 11.3. The van der Waals surface area contributed by atoms with E-state index in [2.05, 4.69) is 10.1 Å². The highest BCUT2D eigenvalue weighted by molar-refractivity contribution is 5.86. The van der Waals surface area contributed by atoms with Crippen molar-refractivity contribution in [3.63, 3.8) is 0 Å². The standard InChI is InChI=1S/C11H16N2O3/c1-15-7-3-6-10-12-11(16-13-10)8-4-2-5-9(8)14/h8H,2-7H2,1H3. The third-order valence-corrected chi connectivity index (χ3v) is 2.84. The summed E-state index contributed by atoms with van der Waals surface area (Å²) in [6.07, 6.45) is 4.03. The van der Waals surface area contributed by atoms with Crippen molar-refractivity contribution in [2.24, 2.45) is 0 Å². The van der Waals surface area contributed by atoms with E-state index >= 15 is 0 Å². The molecule has 1 aromatic rings. The predicted octanol–water partition coefficient (Wildman–Crippen LogP) is 1.49. The second-order valence-electron chi connectivity index (χ2n) is 4.06. The second kappa shape index (κ2) is 5.21. The SMILES string of the molecule is COCCCc1noc(C2CCCC2=O)n1. The minimum Gasteiger partial charge on any atom is -0.385 e. The molecule has 88 valence electrons. The fraction of sp³-hybridized carbons (Fsp3) is 0.727. The second-order valence-corrected chi connectivity index (χ2v) is 4.06. The summed E-state index contributed by atoms with van der Waals surface area (Å²) in [5.41, 5.74) is 0. The summed E-state index contributed by atoms with van der Waals surface area (Å²) in [4.78, 5) is 15.8. The van der Waals surface area contributed by atoms with Crippen molar-refractivity contribution < 1.29 is 14.1 Å². The van der Waals surface area contributed by atoms with E-state index in [0.717, 1.165) is 25.7 Å². The Hall–Kier alpha value is -1.23. The molecule has 5 nitrogen and oxygen atoms in total. The lowest BCUT2D eigenvalue weighted by molar-refractivity contribution is -0.119. The van der Waals surface area contributed by atoms with Crippen molar-refractivity contribution in [1.29, 1.82) is 0 Å². The van der Waals surface area contributed by atoms with Crippen molar-refractivity contribution in [1.82, 2.24) is 10.1 Å². The topological polar surface area (TPSA) is 65.2 Å². The average molecular weight is 224 g/mol. The van der Waals surface area contributed by atoms with Gasteiger partial charge in [-0.05, 0) is 19.3 Å². The lowest BCUT2D eigenvalue weighted by Gasteiger charge is -1.98. The summed E-state index contributed by atoms with van der Waals surface area (Å²) in [6.45, 7) is 0.687. The maximum Gasteiger partial charge on any atom is 0.237 e. The zero-order valence-electron chi connectivity index (χ0n) is 9.44. The minimum absolute atomic E-state index is 0.149. The van der Waals surface area contributed by atoms with E-state index in [4.69, 9.17) is 9.26 Å². The van der Waals surface area contributed by atoms with E-state index in [0.29, 0.717) is 24.7 Å². The molecule has 1 atom stereocenters. The van der Waals surface area contributed by atoms with E-state index < -0.39 is 0 Å². The maximum absolute atomic E-state index is 11.5. The van der Waals surface area contributed by atoms with Gasteiger partial charge in [-0.25, -0.2) is 0 Å². The summed E-state index contributed by atoms with van der Waals surface area (Å²) in [5.74, 6) is 1.25. The largest absolute Gasteiger partial charge is 0.385 e. The Morgan fingerprint density at radius 2 is 2.44 bits per heavy atom. The van der Waals surface area contributed by atoms with Gasteiger partial charge < -0.3 is 9.26 Å². The molecule has 1 aromatic heterocycles. The Bertz CT molecular complexity index is 362.